The van der Waals surface area contributed by atoms with Crippen LogP contribution in [0.3, 0.4) is 0 Å². The molecule has 178 valence electrons. The average molecular weight is 471 g/mol. The number of benzene rings is 1. The molecule has 1 aliphatic rings. The number of piperidine rings is 1. The van der Waals surface area contributed by atoms with Crippen molar-refractivity contribution in [3.63, 3.8) is 0 Å². The van der Waals surface area contributed by atoms with E-state index in [0.717, 1.165) is 66.8 Å². The summed E-state index contributed by atoms with van der Waals surface area (Å²) >= 11 is 1.60. The third-order valence-electron chi connectivity index (χ3n) is 5.82. The maximum absolute atomic E-state index is 13.5. The van der Waals surface area contributed by atoms with Crippen molar-refractivity contribution in [1.29, 1.82) is 0 Å². The third-order valence-corrected chi connectivity index (χ3v) is 6.49. The smallest absolute Gasteiger partial charge is 0.223 e. The van der Waals surface area contributed by atoms with E-state index in [4.69, 9.17) is 9.97 Å². The quantitative estimate of drug-likeness (QED) is 0.440. The molecule has 1 saturated heterocycles. The predicted octanol–water partition coefficient (Wildman–Crippen LogP) is 5.81. The monoisotopic (exact) mass is 470 g/mol. The summed E-state index contributed by atoms with van der Waals surface area (Å²) in [5.74, 6) is 0.389. The highest BCUT2D eigenvalue weighted by atomic mass is 32.2. The summed E-state index contributed by atoms with van der Waals surface area (Å²) in [6.07, 6.45) is 5.99. The highest BCUT2D eigenvalue weighted by Crippen LogP contribution is 2.35. The molecule has 0 bridgehead atoms. The lowest BCUT2D eigenvalue weighted by Gasteiger charge is -2.31. The zero-order valence-corrected chi connectivity index (χ0v) is 21.1. The van der Waals surface area contributed by atoms with Crippen LogP contribution in [0, 0.1) is 5.82 Å². The lowest BCUT2D eigenvalue weighted by atomic mass is 10.1. The molecule has 8 heteroatoms. The summed E-state index contributed by atoms with van der Waals surface area (Å²) < 4.78 is 15.7. The molecular weight excluding hydrogens is 435 g/mol. The molecule has 0 atom stereocenters. The molecule has 6 nitrogen and oxygen atoms in total. The van der Waals surface area contributed by atoms with Crippen molar-refractivity contribution in [3.05, 3.63) is 42.3 Å². The number of nitrogens with zero attached hydrogens (tertiary/aromatic N) is 5. The zero-order valence-electron chi connectivity index (χ0n) is 20.3. The largest absolute Gasteiger partial charge is 0.351 e. The molecule has 0 saturated carbocycles. The Morgan fingerprint density at radius 3 is 2.33 bits per heavy atom. The molecule has 0 unspecified atom stereocenters. The van der Waals surface area contributed by atoms with E-state index in [-0.39, 0.29) is 5.82 Å². The minimum atomic E-state index is -0.257. The van der Waals surface area contributed by atoms with Gasteiger partial charge in [-0.05, 0) is 62.9 Å². The molecule has 3 heterocycles. The van der Waals surface area contributed by atoms with Crippen LogP contribution < -0.4 is 5.32 Å². The first kappa shape index (κ1) is 25.2. The minimum absolute atomic E-state index is 0.257. The Morgan fingerprint density at radius 1 is 1.03 bits per heavy atom. The first-order chi connectivity index (χ1) is 16.1. The molecular formula is C25H35FN6S. The number of halogens is 1. The van der Waals surface area contributed by atoms with Crippen LogP contribution >= 0.6 is 11.8 Å². The fraction of sp³-hybridized carbons (Fsp3) is 0.480. The molecule has 3 aromatic rings. The van der Waals surface area contributed by atoms with E-state index in [0.29, 0.717) is 12.0 Å². The number of imidazole rings is 1. The van der Waals surface area contributed by atoms with Crippen LogP contribution in [-0.2, 0) is 6.54 Å². The second-order valence-corrected chi connectivity index (χ2v) is 8.44. The van der Waals surface area contributed by atoms with Gasteiger partial charge in [-0.1, -0.05) is 32.5 Å². The number of hydrogen-bond acceptors (Lipinski definition) is 6. The van der Waals surface area contributed by atoms with Gasteiger partial charge in [0.2, 0.25) is 5.95 Å². The van der Waals surface area contributed by atoms with Gasteiger partial charge < -0.3 is 14.8 Å². The summed E-state index contributed by atoms with van der Waals surface area (Å²) in [5.41, 5.74) is 3.44. The van der Waals surface area contributed by atoms with Crippen molar-refractivity contribution >= 4 is 17.7 Å². The van der Waals surface area contributed by atoms with E-state index >= 15 is 0 Å². The summed E-state index contributed by atoms with van der Waals surface area (Å²) in [7, 11) is 0. The van der Waals surface area contributed by atoms with Crippen molar-refractivity contribution in [2.75, 3.05) is 31.2 Å². The van der Waals surface area contributed by atoms with Crippen LogP contribution in [0.4, 0.5) is 10.3 Å². The molecule has 0 radical (unpaired) electrons. The highest BCUT2D eigenvalue weighted by Gasteiger charge is 2.22. The van der Waals surface area contributed by atoms with E-state index in [1.807, 2.05) is 26.2 Å². The Bertz CT molecular complexity index is 1010. The van der Waals surface area contributed by atoms with Crippen LogP contribution in [0.25, 0.3) is 22.6 Å². The Balaban J connectivity index is 0.00000149. The number of aromatic nitrogens is 4. The summed E-state index contributed by atoms with van der Waals surface area (Å²) in [6.45, 7) is 12.4. The van der Waals surface area contributed by atoms with Crippen molar-refractivity contribution in [1.82, 2.24) is 24.4 Å². The van der Waals surface area contributed by atoms with Gasteiger partial charge in [-0.15, -0.1) is 0 Å². The number of nitrogens with one attached hydrogen (secondary N) is 1. The Morgan fingerprint density at radius 2 is 1.73 bits per heavy atom. The molecule has 1 aromatic carbocycles. The second kappa shape index (κ2) is 12.1. The van der Waals surface area contributed by atoms with Gasteiger partial charge in [0.05, 0.1) is 17.1 Å². The van der Waals surface area contributed by atoms with E-state index in [1.165, 1.54) is 12.1 Å². The fourth-order valence-electron chi connectivity index (χ4n) is 4.09. The van der Waals surface area contributed by atoms with Crippen LogP contribution in [-0.4, -0.2) is 56.4 Å². The van der Waals surface area contributed by atoms with Gasteiger partial charge in [0.25, 0.3) is 0 Å². The van der Waals surface area contributed by atoms with Crippen LogP contribution in [0.5, 0.6) is 0 Å². The third kappa shape index (κ3) is 5.92. The predicted molar refractivity (Wildman–Crippen MR) is 136 cm³/mol. The van der Waals surface area contributed by atoms with Gasteiger partial charge >= 0.3 is 0 Å². The number of hydrogen-bond donors (Lipinski definition) is 1. The standard InChI is InChI=1S/C23H29FN6S.C2H6/c1-4-29-14-11-18(12-15-29)26-22-25-13-10-19(27-22)21-20(16-6-8-17(24)9-7-16)28-23(31-3)30(21)5-2;1-2/h6-10,13,18H,4-5,11-12,14-15H2,1-3H3,(H,25,26,27);1-2H3. The zero-order chi connectivity index (χ0) is 23.8. The molecule has 0 amide bonds. The van der Waals surface area contributed by atoms with Crippen LogP contribution in [0.2, 0.25) is 0 Å². The molecule has 2 aromatic heterocycles. The Kier molecular flexibility index (Phi) is 9.26. The lowest BCUT2D eigenvalue weighted by molar-refractivity contribution is 0.229. The van der Waals surface area contributed by atoms with Gasteiger partial charge in [-0.2, -0.15) is 0 Å². The molecule has 1 N–H and O–H groups in total. The summed E-state index contributed by atoms with van der Waals surface area (Å²) in [5, 5.41) is 4.44. The second-order valence-electron chi connectivity index (χ2n) is 7.67. The Labute approximate surface area is 201 Å². The van der Waals surface area contributed by atoms with E-state index in [2.05, 4.69) is 33.6 Å². The number of thioether (sulfide) groups is 1. The molecule has 1 fully saturated rings. The minimum Gasteiger partial charge on any atom is -0.351 e. The van der Waals surface area contributed by atoms with Crippen molar-refractivity contribution < 1.29 is 4.39 Å². The van der Waals surface area contributed by atoms with E-state index in [1.54, 1.807) is 30.1 Å². The van der Waals surface area contributed by atoms with Gasteiger partial charge in [0.15, 0.2) is 5.16 Å². The maximum atomic E-state index is 13.5. The Hall–Kier alpha value is -2.45. The fourth-order valence-corrected chi connectivity index (χ4v) is 4.71. The van der Waals surface area contributed by atoms with Crippen molar-refractivity contribution in [3.8, 4) is 22.6 Å². The topological polar surface area (TPSA) is 58.9 Å². The summed E-state index contributed by atoms with van der Waals surface area (Å²) in [6, 6.07) is 8.79. The molecule has 0 aliphatic carbocycles. The van der Waals surface area contributed by atoms with Gasteiger partial charge in [0.1, 0.15) is 5.82 Å². The molecule has 4 rings (SSSR count). The number of rotatable bonds is 7. The van der Waals surface area contributed by atoms with Gasteiger partial charge in [-0.25, -0.2) is 19.3 Å². The number of likely N-dealkylation sites (tertiary alicyclic amines) is 1. The maximum Gasteiger partial charge on any atom is 0.223 e. The average Bonchev–Trinajstić information content (AvgIpc) is 3.25. The lowest BCUT2D eigenvalue weighted by Crippen LogP contribution is -2.39. The number of anilines is 1. The van der Waals surface area contributed by atoms with Gasteiger partial charge in [0, 0.05) is 37.4 Å². The van der Waals surface area contributed by atoms with Crippen LogP contribution in [0.1, 0.15) is 40.5 Å². The normalized spacial score (nSPS) is 14.6. The van der Waals surface area contributed by atoms with Crippen molar-refractivity contribution in [2.45, 2.75) is 58.3 Å². The molecule has 1 aliphatic heterocycles. The molecule has 0 spiro atoms. The summed E-state index contributed by atoms with van der Waals surface area (Å²) in [4.78, 5) is 16.7. The van der Waals surface area contributed by atoms with Gasteiger partial charge in [-0.3, -0.25) is 0 Å². The van der Waals surface area contributed by atoms with Crippen LogP contribution in [0.15, 0.2) is 41.7 Å². The van der Waals surface area contributed by atoms with E-state index < -0.39 is 0 Å². The van der Waals surface area contributed by atoms with Crippen molar-refractivity contribution in [2.24, 2.45) is 0 Å². The first-order valence-electron chi connectivity index (χ1n) is 11.9. The molecule has 33 heavy (non-hydrogen) atoms. The first-order valence-corrected chi connectivity index (χ1v) is 13.1. The highest BCUT2D eigenvalue weighted by molar-refractivity contribution is 7.98. The SMILES string of the molecule is CC.CCN1CCC(Nc2nccc(-c3c(-c4ccc(F)cc4)nc(SC)n3CC)n2)CC1. The van der Waals surface area contributed by atoms with E-state index in [9.17, 15) is 4.39 Å².